The maximum absolute atomic E-state index is 12.2. The number of carbonyl (C=O) groups excluding carboxylic acids is 1. The number of hydrogen-bond acceptors (Lipinski definition) is 5. The van der Waals surface area contributed by atoms with Crippen LogP contribution in [0.2, 0.25) is 0 Å². The smallest absolute Gasteiger partial charge is 0.259 e. The summed E-state index contributed by atoms with van der Waals surface area (Å²) in [6.07, 6.45) is 0. The number of nitrogens with zero attached hydrogens (tertiary/aromatic N) is 3. The molecule has 100 valence electrons. The number of rotatable bonds is 2. The molecular formula is C14H12N4OS. The molecular weight excluding hydrogens is 272 g/mol. The summed E-state index contributed by atoms with van der Waals surface area (Å²) in [5.41, 5.74) is 4.87. The van der Waals surface area contributed by atoms with Gasteiger partial charge in [-0.3, -0.25) is 15.1 Å². The summed E-state index contributed by atoms with van der Waals surface area (Å²) in [4.78, 5) is 16.7. The van der Waals surface area contributed by atoms with Crippen LogP contribution in [-0.2, 0) is 0 Å². The lowest BCUT2D eigenvalue weighted by atomic mass is 10.1. The highest BCUT2D eigenvalue weighted by atomic mass is 32.1. The normalized spacial score (nSPS) is 10.7. The number of amides is 1. The first-order valence-electron chi connectivity index (χ1n) is 6.09. The van der Waals surface area contributed by atoms with Crippen molar-refractivity contribution in [3.8, 4) is 0 Å². The van der Waals surface area contributed by atoms with E-state index in [1.807, 2.05) is 38.1 Å². The first kappa shape index (κ1) is 12.7. The molecule has 0 aliphatic carbocycles. The Kier molecular flexibility index (Phi) is 3.15. The topological polar surface area (TPSA) is 67.8 Å². The van der Waals surface area contributed by atoms with E-state index >= 15 is 0 Å². The lowest BCUT2D eigenvalue weighted by molar-refractivity contribution is 0.102. The number of benzene rings is 1. The molecule has 1 amide bonds. The van der Waals surface area contributed by atoms with Crippen LogP contribution in [0.25, 0.3) is 10.9 Å². The van der Waals surface area contributed by atoms with Crippen LogP contribution in [0.5, 0.6) is 0 Å². The van der Waals surface area contributed by atoms with E-state index in [2.05, 4.69) is 20.5 Å². The van der Waals surface area contributed by atoms with Crippen molar-refractivity contribution >= 4 is 33.3 Å². The van der Waals surface area contributed by atoms with Gasteiger partial charge in [0.05, 0.1) is 16.8 Å². The fraction of sp³-hybridized carbons (Fsp3) is 0.143. The average molecular weight is 284 g/mol. The Bertz CT molecular complexity index is 783. The fourth-order valence-electron chi connectivity index (χ4n) is 2.00. The second kappa shape index (κ2) is 4.97. The van der Waals surface area contributed by atoms with Gasteiger partial charge in [0.25, 0.3) is 5.91 Å². The lowest BCUT2D eigenvalue weighted by Crippen LogP contribution is -2.14. The summed E-state index contributed by atoms with van der Waals surface area (Å²) < 4.78 is 0. The zero-order chi connectivity index (χ0) is 14.1. The van der Waals surface area contributed by atoms with Crippen molar-refractivity contribution < 1.29 is 4.79 Å². The zero-order valence-electron chi connectivity index (χ0n) is 11.0. The molecule has 0 radical (unpaired) electrons. The van der Waals surface area contributed by atoms with Gasteiger partial charge >= 0.3 is 0 Å². The molecule has 0 aliphatic heterocycles. The Morgan fingerprint density at radius 1 is 1.25 bits per heavy atom. The Labute approximate surface area is 119 Å². The van der Waals surface area contributed by atoms with E-state index in [4.69, 9.17) is 0 Å². The van der Waals surface area contributed by atoms with Crippen molar-refractivity contribution in [2.45, 2.75) is 13.8 Å². The minimum absolute atomic E-state index is 0.214. The van der Waals surface area contributed by atoms with E-state index in [1.54, 1.807) is 5.51 Å². The van der Waals surface area contributed by atoms with Crippen molar-refractivity contribution in [2.24, 2.45) is 0 Å². The summed E-state index contributed by atoms with van der Waals surface area (Å²) >= 11 is 1.28. The summed E-state index contributed by atoms with van der Waals surface area (Å²) in [5.74, 6) is -0.214. The van der Waals surface area contributed by atoms with Gasteiger partial charge in [-0.2, -0.15) is 0 Å². The number of hydrogen-bond donors (Lipinski definition) is 1. The Balaban J connectivity index is 2.00. The van der Waals surface area contributed by atoms with Crippen molar-refractivity contribution in [3.05, 3.63) is 46.6 Å². The highest BCUT2D eigenvalue weighted by molar-refractivity contribution is 7.13. The second-order valence-corrected chi connectivity index (χ2v) is 5.35. The Morgan fingerprint density at radius 3 is 2.85 bits per heavy atom. The summed E-state index contributed by atoms with van der Waals surface area (Å²) in [6, 6.07) is 7.84. The van der Waals surface area contributed by atoms with Crippen LogP contribution in [0, 0.1) is 13.8 Å². The van der Waals surface area contributed by atoms with E-state index < -0.39 is 0 Å². The standard InChI is InChI=1S/C14H12N4OS/c1-8-3-4-10-6-11(9(2)16-12(10)5-8)13(19)17-14-18-15-7-20-14/h3-7H,1-2H3,(H,17,18,19). The van der Waals surface area contributed by atoms with Crippen LogP contribution >= 0.6 is 11.3 Å². The summed E-state index contributed by atoms with van der Waals surface area (Å²) in [6.45, 7) is 3.85. The van der Waals surface area contributed by atoms with Crippen LogP contribution in [-0.4, -0.2) is 21.1 Å². The highest BCUT2D eigenvalue weighted by Gasteiger charge is 2.13. The van der Waals surface area contributed by atoms with Gasteiger partial charge in [-0.1, -0.05) is 23.5 Å². The number of aryl methyl sites for hydroxylation is 2. The minimum atomic E-state index is -0.214. The number of fused-ring (bicyclic) bond motifs is 1. The molecule has 3 aromatic rings. The third kappa shape index (κ3) is 2.37. The molecule has 5 nitrogen and oxygen atoms in total. The third-order valence-electron chi connectivity index (χ3n) is 2.99. The molecule has 0 saturated heterocycles. The van der Waals surface area contributed by atoms with Crippen molar-refractivity contribution in [3.63, 3.8) is 0 Å². The number of carbonyl (C=O) groups is 1. The van der Waals surface area contributed by atoms with Crippen LogP contribution in [0.15, 0.2) is 29.8 Å². The predicted molar refractivity (Wildman–Crippen MR) is 79.1 cm³/mol. The molecule has 0 saturated carbocycles. The van der Waals surface area contributed by atoms with Gasteiger partial charge in [-0.05, 0) is 31.5 Å². The predicted octanol–water partition coefficient (Wildman–Crippen LogP) is 2.96. The van der Waals surface area contributed by atoms with Gasteiger partial charge in [0.2, 0.25) is 5.13 Å². The quantitative estimate of drug-likeness (QED) is 0.785. The molecule has 0 aliphatic rings. The van der Waals surface area contributed by atoms with E-state index in [0.717, 1.165) is 16.5 Å². The second-order valence-electron chi connectivity index (χ2n) is 4.52. The van der Waals surface area contributed by atoms with Gasteiger partial charge < -0.3 is 0 Å². The van der Waals surface area contributed by atoms with E-state index in [0.29, 0.717) is 16.4 Å². The molecule has 3 rings (SSSR count). The van der Waals surface area contributed by atoms with Gasteiger partial charge in [0.1, 0.15) is 5.51 Å². The highest BCUT2D eigenvalue weighted by Crippen LogP contribution is 2.19. The van der Waals surface area contributed by atoms with E-state index in [9.17, 15) is 4.79 Å². The fourth-order valence-corrected chi connectivity index (χ4v) is 2.44. The van der Waals surface area contributed by atoms with Crippen molar-refractivity contribution in [1.29, 1.82) is 0 Å². The first-order chi connectivity index (χ1) is 9.63. The van der Waals surface area contributed by atoms with Gasteiger partial charge in [-0.15, -0.1) is 10.2 Å². The molecule has 0 fully saturated rings. The van der Waals surface area contributed by atoms with Crippen molar-refractivity contribution in [1.82, 2.24) is 15.2 Å². The number of pyridine rings is 1. The maximum atomic E-state index is 12.2. The van der Waals surface area contributed by atoms with Crippen LogP contribution in [0.4, 0.5) is 5.13 Å². The summed E-state index contributed by atoms with van der Waals surface area (Å²) in [7, 11) is 0. The summed E-state index contributed by atoms with van der Waals surface area (Å²) in [5, 5.41) is 11.6. The average Bonchev–Trinajstić information content (AvgIpc) is 2.90. The molecule has 1 aromatic carbocycles. The molecule has 0 atom stereocenters. The number of aromatic nitrogens is 3. The maximum Gasteiger partial charge on any atom is 0.259 e. The van der Waals surface area contributed by atoms with Gasteiger partial charge in [0, 0.05) is 5.39 Å². The van der Waals surface area contributed by atoms with E-state index in [-0.39, 0.29) is 5.91 Å². The first-order valence-corrected chi connectivity index (χ1v) is 6.97. The lowest BCUT2D eigenvalue weighted by Gasteiger charge is -2.07. The third-order valence-corrected chi connectivity index (χ3v) is 3.60. The van der Waals surface area contributed by atoms with E-state index in [1.165, 1.54) is 11.3 Å². The molecule has 0 unspecified atom stereocenters. The SMILES string of the molecule is Cc1ccc2cc(C(=O)Nc3nncs3)c(C)nc2c1. The molecule has 2 heterocycles. The molecule has 1 N–H and O–H groups in total. The van der Waals surface area contributed by atoms with Gasteiger partial charge in [-0.25, -0.2) is 0 Å². The number of anilines is 1. The molecule has 0 spiro atoms. The van der Waals surface area contributed by atoms with Crippen LogP contribution in [0.3, 0.4) is 0 Å². The number of nitrogens with one attached hydrogen (secondary N) is 1. The zero-order valence-corrected chi connectivity index (χ0v) is 11.9. The van der Waals surface area contributed by atoms with Gasteiger partial charge in [0.15, 0.2) is 0 Å². The van der Waals surface area contributed by atoms with Crippen molar-refractivity contribution in [2.75, 3.05) is 5.32 Å². The largest absolute Gasteiger partial charge is 0.296 e. The Morgan fingerprint density at radius 2 is 2.10 bits per heavy atom. The molecule has 20 heavy (non-hydrogen) atoms. The molecule has 2 aromatic heterocycles. The minimum Gasteiger partial charge on any atom is -0.296 e. The molecule has 0 bridgehead atoms. The van der Waals surface area contributed by atoms with Crippen LogP contribution < -0.4 is 5.32 Å². The monoisotopic (exact) mass is 284 g/mol. The molecule has 6 heteroatoms. The Hall–Kier alpha value is -2.34. The van der Waals surface area contributed by atoms with Crippen LogP contribution in [0.1, 0.15) is 21.6 Å².